The van der Waals surface area contributed by atoms with Crippen molar-refractivity contribution < 1.29 is 19.0 Å². The van der Waals surface area contributed by atoms with Crippen LogP contribution in [0.1, 0.15) is 36.6 Å². The zero-order valence-corrected chi connectivity index (χ0v) is 16.3. The van der Waals surface area contributed by atoms with Gasteiger partial charge in [-0.25, -0.2) is 0 Å². The fourth-order valence-electron chi connectivity index (χ4n) is 2.63. The summed E-state index contributed by atoms with van der Waals surface area (Å²) in [7, 11) is 3.18. The zero-order chi connectivity index (χ0) is 19.3. The lowest BCUT2D eigenvalue weighted by Gasteiger charge is -2.21. The van der Waals surface area contributed by atoms with E-state index in [1.807, 2.05) is 57.2 Å². The van der Waals surface area contributed by atoms with Gasteiger partial charge in [0.25, 0.3) is 5.91 Å². The van der Waals surface area contributed by atoms with E-state index in [0.29, 0.717) is 11.5 Å². The molecule has 2 aromatic rings. The molecule has 0 aliphatic carbocycles. The maximum Gasteiger partial charge on any atom is 0.261 e. The lowest BCUT2D eigenvalue weighted by atomic mass is 10.1. The fourth-order valence-corrected chi connectivity index (χ4v) is 2.63. The highest BCUT2D eigenvalue weighted by Crippen LogP contribution is 2.30. The van der Waals surface area contributed by atoms with Gasteiger partial charge in [-0.1, -0.05) is 18.2 Å². The van der Waals surface area contributed by atoms with Crippen molar-refractivity contribution in [3.63, 3.8) is 0 Å². The molecule has 2 aromatic carbocycles. The predicted molar refractivity (Wildman–Crippen MR) is 102 cm³/mol. The number of carbonyl (C=O) groups is 1. The van der Waals surface area contributed by atoms with E-state index in [1.165, 1.54) is 0 Å². The number of aryl methyl sites for hydroxylation is 1. The third-order valence-electron chi connectivity index (χ3n) is 4.49. The minimum Gasteiger partial charge on any atom is -0.493 e. The first-order valence-electron chi connectivity index (χ1n) is 8.62. The molecule has 0 spiro atoms. The number of benzene rings is 2. The molecule has 0 fully saturated rings. The van der Waals surface area contributed by atoms with E-state index < -0.39 is 6.10 Å². The van der Waals surface area contributed by atoms with Crippen molar-refractivity contribution in [3.05, 3.63) is 53.1 Å². The summed E-state index contributed by atoms with van der Waals surface area (Å²) in [5.41, 5.74) is 3.10. The van der Waals surface area contributed by atoms with Gasteiger partial charge < -0.3 is 19.5 Å². The first-order chi connectivity index (χ1) is 12.4. The lowest BCUT2D eigenvalue weighted by molar-refractivity contribution is -0.127. The molecule has 2 rings (SSSR count). The Kier molecular flexibility index (Phi) is 6.50. The Labute approximate surface area is 155 Å². The Morgan fingerprint density at radius 2 is 1.65 bits per heavy atom. The third kappa shape index (κ3) is 4.48. The summed E-state index contributed by atoms with van der Waals surface area (Å²) < 4.78 is 16.4. The van der Waals surface area contributed by atoms with Gasteiger partial charge in [-0.15, -0.1) is 0 Å². The average Bonchev–Trinajstić information content (AvgIpc) is 2.64. The van der Waals surface area contributed by atoms with Crippen molar-refractivity contribution in [3.8, 4) is 17.2 Å². The Bertz CT molecular complexity index is 773. The van der Waals surface area contributed by atoms with Gasteiger partial charge in [0, 0.05) is 0 Å². The second-order valence-electron chi connectivity index (χ2n) is 6.30. The summed E-state index contributed by atoms with van der Waals surface area (Å²) in [6.45, 7) is 7.68. The van der Waals surface area contributed by atoms with Crippen LogP contribution < -0.4 is 19.5 Å². The van der Waals surface area contributed by atoms with Crippen molar-refractivity contribution in [1.29, 1.82) is 0 Å². The molecular formula is C21H27NO4. The largest absolute Gasteiger partial charge is 0.493 e. The van der Waals surface area contributed by atoms with Crippen LogP contribution in [0.15, 0.2) is 36.4 Å². The van der Waals surface area contributed by atoms with Crippen LogP contribution >= 0.6 is 0 Å². The summed E-state index contributed by atoms with van der Waals surface area (Å²) in [5.74, 6) is 1.84. The first kappa shape index (κ1) is 19.6. The highest BCUT2D eigenvalue weighted by Gasteiger charge is 2.19. The van der Waals surface area contributed by atoms with Crippen molar-refractivity contribution in [1.82, 2.24) is 5.32 Å². The van der Waals surface area contributed by atoms with Gasteiger partial charge in [0.15, 0.2) is 17.6 Å². The Morgan fingerprint density at radius 3 is 2.31 bits per heavy atom. The molecule has 0 saturated heterocycles. The van der Waals surface area contributed by atoms with Crippen molar-refractivity contribution >= 4 is 5.91 Å². The molecule has 1 amide bonds. The number of amides is 1. The van der Waals surface area contributed by atoms with Gasteiger partial charge in [0.1, 0.15) is 5.75 Å². The Hall–Kier alpha value is -2.69. The highest BCUT2D eigenvalue weighted by atomic mass is 16.5. The van der Waals surface area contributed by atoms with Gasteiger partial charge in [-0.3, -0.25) is 4.79 Å². The number of ether oxygens (including phenoxy) is 3. The number of methoxy groups -OCH3 is 2. The molecule has 0 unspecified atom stereocenters. The maximum atomic E-state index is 12.5. The molecule has 0 radical (unpaired) electrons. The first-order valence-corrected chi connectivity index (χ1v) is 8.62. The summed E-state index contributed by atoms with van der Waals surface area (Å²) in [4.78, 5) is 12.5. The van der Waals surface area contributed by atoms with Gasteiger partial charge in [0.2, 0.25) is 0 Å². The lowest BCUT2D eigenvalue weighted by Crippen LogP contribution is -2.37. The molecule has 140 valence electrons. The topological polar surface area (TPSA) is 56.8 Å². The molecular weight excluding hydrogens is 330 g/mol. The molecule has 26 heavy (non-hydrogen) atoms. The van der Waals surface area contributed by atoms with E-state index in [9.17, 15) is 4.79 Å². The minimum absolute atomic E-state index is 0.173. The zero-order valence-electron chi connectivity index (χ0n) is 16.3. The van der Waals surface area contributed by atoms with E-state index in [1.54, 1.807) is 21.1 Å². The average molecular weight is 357 g/mol. The molecule has 5 nitrogen and oxygen atoms in total. The van der Waals surface area contributed by atoms with Crippen LogP contribution in [-0.2, 0) is 4.79 Å². The number of carbonyl (C=O) groups excluding carboxylic acids is 1. The Morgan fingerprint density at radius 1 is 0.962 bits per heavy atom. The van der Waals surface area contributed by atoms with E-state index in [0.717, 1.165) is 22.4 Å². The standard InChI is InChI=1S/C21H27NO4/c1-13-8-7-9-18(14(13)2)26-16(4)21(23)22-15(3)17-10-11-19(24-5)20(12-17)25-6/h7-12,15-16H,1-6H3,(H,22,23)/t15-,16+/m0/s1. The molecule has 0 heterocycles. The van der Waals surface area contributed by atoms with E-state index in [2.05, 4.69) is 5.32 Å². The Balaban J connectivity index is 2.05. The van der Waals surface area contributed by atoms with E-state index >= 15 is 0 Å². The third-order valence-corrected chi connectivity index (χ3v) is 4.49. The van der Waals surface area contributed by atoms with Crippen molar-refractivity contribution in [2.45, 2.75) is 39.8 Å². The summed E-state index contributed by atoms with van der Waals surface area (Å²) >= 11 is 0. The monoisotopic (exact) mass is 357 g/mol. The smallest absolute Gasteiger partial charge is 0.261 e. The summed E-state index contributed by atoms with van der Waals surface area (Å²) in [6, 6.07) is 11.2. The van der Waals surface area contributed by atoms with Gasteiger partial charge in [0.05, 0.1) is 20.3 Å². The van der Waals surface area contributed by atoms with Crippen LogP contribution in [0.25, 0.3) is 0 Å². The number of rotatable bonds is 7. The normalized spacial score (nSPS) is 12.8. The minimum atomic E-state index is -0.599. The molecule has 0 bridgehead atoms. The van der Waals surface area contributed by atoms with Crippen LogP contribution in [0.3, 0.4) is 0 Å². The molecule has 5 heteroatoms. The fraction of sp³-hybridized carbons (Fsp3) is 0.381. The maximum absolute atomic E-state index is 12.5. The molecule has 1 N–H and O–H groups in total. The second-order valence-corrected chi connectivity index (χ2v) is 6.30. The number of hydrogen-bond acceptors (Lipinski definition) is 4. The van der Waals surface area contributed by atoms with Crippen molar-refractivity contribution in [2.75, 3.05) is 14.2 Å². The van der Waals surface area contributed by atoms with E-state index in [4.69, 9.17) is 14.2 Å². The predicted octanol–water partition coefficient (Wildman–Crippen LogP) is 3.97. The molecule has 0 aliphatic rings. The summed E-state index contributed by atoms with van der Waals surface area (Å²) in [6.07, 6.45) is -0.599. The van der Waals surface area contributed by atoms with Crippen molar-refractivity contribution in [2.24, 2.45) is 0 Å². The summed E-state index contributed by atoms with van der Waals surface area (Å²) in [5, 5.41) is 2.98. The SMILES string of the molecule is COc1ccc([C@H](C)NC(=O)[C@@H](C)Oc2cccc(C)c2C)cc1OC. The van der Waals surface area contributed by atoms with Crippen LogP contribution in [0.5, 0.6) is 17.2 Å². The van der Waals surface area contributed by atoms with Crippen LogP contribution in [0.2, 0.25) is 0 Å². The number of nitrogens with one attached hydrogen (secondary N) is 1. The van der Waals surface area contributed by atoms with E-state index in [-0.39, 0.29) is 11.9 Å². The van der Waals surface area contributed by atoms with Gasteiger partial charge >= 0.3 is 0 Å². The highest BCUT2D eigenvalue weighted by molar-refractivity contribution is 5.81. The molecule has 2 atom stereocenters. The number of hydrogen-bond donors (Lipinski definition) is 1. The van der Waals surface area contributed by atoms with Crippen LogP contribution in [0.4, 0.5) is 0 Å². The second kappa shape index (κ2) is 8.61. The quantitative estimate of drug-likeness (QED) is 0.815. The molecule has 0 saturated carbocycles. The van der Waals surface area contributed by atoms with Crippen LogP contribution in [-0.4, -0.2) is 26.2 Å². The molecule has 0 aromatic heterocycles. The van der Waals surface area contributed by atoms with Crippen LogP contribution in [0, 0.1) is 13.8 Å². The molecule has 0 aliphatic heterocycles. The van der Waals surface area contributed by atoms with Gasteiger partial charge in [-0.2, -0.15) is 0 Å². The van der Waals surface area contributed by atoms with Gasteiger partial charge in [-0.05, 0) is 62.6 Å².